The van der Waals surface area contributed by atoms with Crippen LogP contribution in [0.5, 0.6) is 5.88 Å². The van der Waals surface area contributed by atoms with Gasteiger partial charge in [-0.2, -0.15) is 0 Å². The van der Waals surface area contributed by atoms with Crippen molar-refractivity contribution >= 4 is 11.5 Å². The largest absolute Gasteiger partial charge is 0.480 e. The molecule has 27 heavy (non-hydrogen) atoms. The maximum absolute atomic E-state index is 5.32. The highest BCUT2D eigenvalue weighted by molar-refractivity contribution is 6.04. The number of rotatable bonds is 5. The summed E-state index contributed by atoms with van der Waals surface area (Å²) < 4.78 is 10.5. The molecule has 6 nitrogen and oxygen atoms in total. The van der Waals surface area contributed by atoms with E-state index >= 15 is 0 Å². The Morgan fingerprint density at radius 1 is 1.37 bits per heavy atom. The fourth-order valence-electron chi connectivity index (χ4n) is 2.21. The normalized spacial score (nSPS) is 11.0. The summed E-state index contributed by atoms with van der Waals surface area (Å²) in [5.74, 6) is 1.89. The van der Waals surface area contributed by atoms with Crippen molar-refractivity contribution in [2.45, 2.75) is 27.7 Å². The summed E-state index contributed by atoms with van der Waals surface area (Å²) in [6, 6.07) is 1.94. The van der Waals surface area contributed by atoms with Gasteiger partial charge in [-0.3, -0.25) is 4.99 Å². The van der Waals surface area contributed by atoms with E-state index in [4.69, 9.17) is 9.26 Å². The van der Waals surface area contributed by atoms with Crippen LogP contribution in [0.1, 0.15) is 26.7 Å². The number of allylic oxidation sites excluding steroid dienone is 3. The minimum atomic E-state index is 0. The van der Waals surface area contributed by atoms with Gasteiger partial charge in [0.25, 0.3) is 0 Å². The molecular weight excluding hydrogens is 340 g/mol. The maximum Gasteiger partial charge on any atom is 0.237 e. The van der Waals surface area contributed by atoms with Gasteiger partial charge in [-0.25, -0.2) is 4.98 Å². The van der Waals surface area contributed by atoms with Crippen LogP contribution in [-0.4, -0.2) is 30.1 Å². The average Bonchev–Trinajstić information content (AvgIpc) is 2.96. The van der Waals surface area contributed by atoms with E-state index in [1.807, 2.05) is 39.8 Å². The first-order valence-electron chi connectivity index (χ1n) is 8.46. The third kappa shape index (κ3) is 6.58. The van der Waals surface area contributed by atoms with Gasteiger partial charge >= 0.3 is 0 Å². The van der Waals surface area contributed by atoms with Crippen LogP contribution in [-0.2, 0) is 0 Å². The zero-order chi connectivity index (χ0) is 20.4. The molecule has 0 aliphatic heterocycles. The van der Waals surface area contributed by atoms with E-state index in [9.17, 15) is 0 Å². The molecule has 0 saturated carbocycles. The van der Waals surface area contributed by atoms with Crippen LogP contribution in [0.4, 0.5) is 5.69 Å². The Morgan fingerprint density at radius 3 is 2.52 bits per heavy atom. The summed E-state index contributed by atoms with van der Waals surface area (Å²) in [6.45, 7) is 14.9. The van der Waals surface area contributed by atoms with E-state index in [1.165, 1.54) is 5.57 Å². The molecule has 146 valence electrons. The molecule has 0 bridgehead atoms. The molecule has 0 unspecified atom stereocenters. The van der Waals surface area contributed by atoms with Gasteiger partial charge in [-0.15, -0.1) is 6.58 Å². The van der Waals surface area contributed by atoms with E-state index in [2.05, 4.69) is 33.6 Å². The van der Waals surface area contributed by atoms with Crippen molar-refractivity contribution in [3.05, 3.63) is 60.7 Å². The molecular formula is C21H30N4O2. The zero-order valence-corrected chi connectivity index (χ0v) is 17.0. The average molecular weight is 370 g/mol. The van der Waals surface area contributed by atoms with Crippen molar-refractivity contribution in [2.24, 2.45) is 4.99 Å². The molecule has 0 aliphatic rings. The molecule has 0 radical (unpaired) electrons. The number of methoxy groups -OCH3 is 1. The highest BCUT2D eigenvalue weighted by atomic mass is 16.5. The van der Waals surface area contributed by atoms with Crippen molar-refractivity contribution in [1.29, 1.82) is 0 Å². The number of anilines is 1. The van der Waals surface area contributed by atoms with Crippen LogP contribution in [0.25, 0.3) is 11.1 Å². The summed E-state index contributed by atoms with van der Waals surface area (Å²) in [5, 5.41) is 7.18. The smallest absolute Gasteiger partial charge is 0.237 e. The van der Waals surface area contributed by atoms with Gasteiger partial charge in [0, 0.05) is 25.8 Å². The van der Waals surface area contributed by atoms with Gasteiger partial charge in [0.05, 0.1) is 12.8 Å². The second kappa shape index (κ2) is 10.8. The van der Waals surface area contributed by atoms with Crippen LogP contribution in [0.15, 0.2) is 58.7 Å². The number of aromatic nitrogens is 2. The Labute approximate surface area is 162 Å². The first kappa shape index (κ1) is 21.9. The third-order valence-corrected chi connectivity index (χ3v) is 3.26. The molecule has 1 N–H and O–H groups in total. The molecule has 6 heteroatoms. The Balaban J connectivity index is 0.00000133. The molecule has 2 aromatic heterocycles. The Hall–Kier alpha value is -3.15. The Bertz CT molecular complexity index is 831. The fraction of sp³-hybridized carbons (Fsp3) is 0.286. The second-order valence-electron chi connectivity index (χ2n) is 6.02. The maximum atomic E-state index is 5.32. The molecule has 0 atom stereocenters. The van der Waals surface area contributed by atoms with E-state index < -0.39 is 0 Å². The quantitative estimate of drug-likeness (QED) is 0.331. The number of pyridine rings is 1. The summed E-state index contributed by atoms with van der Waals surface area (Å²) in [7, 11) is 3.28. The van der Waals surface area contributed by atoms with Crippen LogP contribution < -0.4 is 10.1 Å². The predicted octanol–water partition coefficient (Wildman–Crippen LogP) is 5.37. The lowest BCUT2D eigenvalue weighted by molar-refractivity contribution is 0.393. The zero-order valence-electron chi connectivity index (χ0n) is 17.0. The molecule has 0 amide bonds. The van der Waals surface area contributed by atoms with Crippen LogP contribution in [0.3, 0.4) is 0 Å². The monoisotopic (exact) mass is 370 g/mol. The highest BCUT2D eigenvalue weighted by Crippen LogP contribution is 2.31. The SMILES string of the molecule is C=C(C)C.C=C/C=C\C(=NC)Nc1cc(-c2c(C)noc2C)cnc1OC.[HH]. The molecule has 0 aromatic carbocycles. The number of aliphatic imine (C=N–C) groups is 1. The summed E-state index contributed by atoms with van der Waals surface area (Å²) in [5.41, 5.74) is 4.52. The van der Waals surface area contributed by atoms with Crippen molar-refractivity contribution < 1.29 is 10.7 Å². The lowest BCUT2D eigenvalue weighted by Crippen LogP contribution is -2.10. The van der Waals surface area contributed by atoms with Crippen molar-refractivity contribution in [2.75, 3.05) is 19.5 Å². The molecule has 0 fully saturated rings. The minimum absolute atomic E-state index is 0. The Kier molecular flexibility index (Phi) is 8.72. The standard InChI is InChI=1S/C17H20N4O2.C4H8.H2/c1-6-7-8-15(18-4)20-14-9-13(10-19-17(14)22-5)16-11(2)21-23-12(16)3;1-4(2)3;/h6-10H,1H2,2-5H3,(H,18,20);1H2,2-3H3;1H/b8-7-;;. The number of hydrogen-bond donors (Lipinski definition) is 1. The lowest BCUT2D eigenvalue weighted by atomic mass is 10.1. The van der Waals surface area contributed by atoms with Crippen LogP contribution in [0, 0.1) is 13.8 Å². The number of aryl methyl sites for hydroxylation is 2. The molecule has 0 saturated heterocycles. The number of amidine groups is 1. The summed E-state index contributed by atoms with van der Waals surface area (Å²) in [4.78, 5) is 8.53. The van der Waals surface area contributed by atoms with E-state index in [0.717, 1.165) is 22.6 Å². The summed E-state index contributed by atoms with van der Waals surface area (Å²) >= 11 is 0. The molecule has 0 aliphatic carbocycles. The van der Waals surface area contributed by atoms with Gasteiger partial charge in [-0.05, 0) is 39.8 Å². The second-order valence-corrected chi connectivity index (χ2v) is 6.02. The van der Waals surface area contributed by atoms with E-state index in [0.29, 0.717) is 17.4 Å². The molecule has 2 rings (SSSR count). The first-order chi connectivity index (χ1) is 12.8. The number of hydrogen-bond acceptors (Lipinski definition) is 5. The highest BCUT2D eigenvalue weighted by Gasteiger charge is 2.15. The van der Waals surface area contributed by atoms with Gasteiger partial charge in [0.15, 0.2) is 0 Å². The first-order valence-corrected chi connectivity index (χ1v) is 8.46. The molecule has 0 spiro atoms. The van der Waals surface area contributed by atoms with Gasteiger partial charge < -0.3 is 14.6 Å². The predicted molar refractivity (Wildman–Crippen MR) is 115 cm³/mol. The van der Waals surface area contributed by atoms with Crippen molar-refractivity contribution in [3.8, 4) is 17.0 Å². The topological polar surface area (TPSA) is 72.5 Å². The van der Waals surface area contributed by atoms with Gasteiger partial charge in [0.2, 0.25) is 5.88 Å². The number of nitrogens with zero attached hydrogens (tertiary/aromatic N) is 3. The van der Waals surface area contributed by atoms with Crippen molar-refractivity contribution in [3.63, 3.8) is 0 Å². The minimum Gasteiger partial charge on any atom is -0.480 e. The Morgan fingerprint density at radius 2 is 2.04 bits per heavy atom. The lowest BCUT2D eigenvalue weighted by Gasteiger charge is -2.11. The molecule has 2 heterocycles. The van der Waals surface area contributed by atoms with E-state index in [1.54, 1.807) is 32.5 Å². The van der Waals surface area contributed by atoms with Crippen LogP contribution >= 0.6 is 0 Å². The van der Waals surface area contributed by atoms with Gasteiger partial charge in [-0.1, -0.05) is 29.5 Å². The summed E-state index contributed by atoms with van der Waals surface area (Å²) in [6.07, 6.45) is 7.03. The van der Waals surface area contributed by atoms with Gasteiger partial charge in [0.1, 0.15) is 17.3 Å². The third-order valence-electron chi connectivity index (χ3n) is 3.26. The van der Waals surface area contributed by atoms with Crippen molar-refractivity contribution in [1.82, 2.24) is 10.1 Å². The number of nitrogens with one attached hydrogen (secondary N) is 1. The molecule has 2 aromatic rings. The number of ether oxygens (including phenoxy) is 1. The van der Waals surface area contributed by atoms with Crippen LogP contribution in [0.2, 0.25) is 0 Å². The fourth-order valence-corrected chi connectivity index (χ4v) is 2.21. The van der Waals surface area contributed by atoms with E-state index in [-0.39, 0.29) is 1.43 Å².